The molecule has 0 aliphatic heterocycles. The highest BCUT2D eigenvalue weighted by atomic mass is 16.3. The van der Waals surface area contributed by atoms with Gasteiger partial charge in [0.1, 0.15) is 0 Å². The molecule has 3 rings (SSSR count). The lowest BCUT2D eigenvalue weighted by Gasteiger charge is -2.13. The van der Waals surface area contributed by atoms with Crippen LogP contribution in [-0.4, -0.2) is 27.3 Å². The zero-order chi connectivity index (χ0) is 17.3. The Morgan fingerprint density at radius 2 is 1.92 bits per heavy atom. The Balaban J connectivity index is 1.72. The fourth-order valence-corrected chi connectivity index (χ4v) is 2.91. The lowest BCUT2D eigenvalue weighted by Crippen LogP contribution is -2.29. The minimum Gasteiger partial charge on any atom is -0.387 e. The summed E-state index contributed by atoms with van der Waals surface area (Å²) < 4.78 is 1.68. The number of aromatic nitrogens is 2. The van der Waals surface area contributed by atoms with Crippen molar-refractivity contribution < 1.29 is 9.90 Å². The molecule has 1 unspecified atom stereocenters. The zero-order valence-corrected chi connectivity index (χ0v) is 14.1. The Hall–Kier alpha value is -2.66. The Kier molecular flexibility index (Phi) is 4.36. The predicted molar refractivity (Wildman–Crippen MR) is 93.9 cm³/mol. The number of aryl methyl sites for hydroxylation is 2. The van der Waals surface area contributed by atoms with Crippen molar-refractivity contribution in [2.75, 3.05) is 6.54 Å². The van der Waals surface area contributed by atoms with E-state index in [0.29, 0.717) is 11.3 Å². The number of aliphatic hydroxyl groups is 1. The second kappa shape index (κ2) is 6.45. The molecule has 1 heterocycles. The summed E-state index contributed by atoms with van der Waals surface area (Å²) in [6.45, 7) is 3.82. The van der Waals surface area contributed by atoms with Crippen LogP contribution in [0.15, 0.2) is 42.5 Å². The monoisotopic (exact) mass is 323 g/mol. The van der Waals surface area contributed by atoms with Crippen LogP contribution in [0.25, 0.3) is 10.8 Å². The van der Waals surface area contributed by atoms with Gasteiger partial charge < -0.3 is 10.4 Å². The van der Waals surface area contributed by atoms with E-state index < -0.39 is 6.10 Å². The lowest BCUT2D eigenvalue weighted by atomic mass is 10.0. The van der Waals surface area contributed by atoms with Crippen molar-refractivity contribution >= 4 is 16.7 Å². The van der Waals surface area contributed by atoms with Gasteiger partial charge in [-0.2, -0.15) is 5.10 Å². The number of rotatable bonds is 4. The molecule has 2 aromatic carbocycles. The standard InChI is InChI=1S/C19H21N3O2/c1-12-18(13(2)22(3)21-12)19(24)20-11-17(23)16-9-8-14-6-4-5-7-15(14)10-16/h4-10,17,23H,11H2,1-3H3,(H,20,24). The van der Waals surface area contributed by atoms with Gasteiger partial charge in [-0.3, -0.25) is 9.48 Å². The Morgan fingerprint density at radius 1 is 1.21 bits per heavy atom. The van der Waals surface area contributed by atoms with Crippen molar-refractivity contribution in [3.8, 4) is 0 Å². The third kappa shape index (κ3) is 3.03. The second-order valence-electron chi connectivity index (χ2n) is 6.00. The number of fused-ring (bicyclic) bond motifs is 1. The van der Waals surface area contributed by atoms with Crippen molar-refractivity contribution in [1.82, 2.24) is 15.1 Å². The lowest BCUT2D eigenvalue weighted by molar-refractivity contribution is 0.0915. The molecule has 3 aromatic rings. The van der Waals surface area contributed by atoms with Crippen LogP contribution in [0, 0.1) is 13.8 Å². The molecule has 0 fully saturated rings. The van der Waals surface area contributed by atoms with E-state index in [9.17, 15) is 9.90 Å². The predicted octanol–water partition coefficient (Wildman–Crippen LogP) is 2.65. The van der Waals surface area contributed by atoms with Crippen molar-refractivity contribution in [2.24, 2.45) is 7.05 Å². The van der Waals surface area contributed by atoms with Crippen molar-refractivity contribution in [3.63, 3.8) is 0 Å². The SMILES string of the molecule is Cc1nn(C)c(C)c1C(=O)NCC(O)c1ccc2ccccc2c1. The summed E-state index contributed by atoms with van der Waals surface area (Å²) in [6, 6.07) is 13.8. The van der Waals surface area contributed by atoms with Crippen LogP contribution < -0.4 is 5.32 Å². The number of nitrogens with one attached hydrogen (secondary N) is 1. The first-order valence-corrected chi connectivity index (χ1v) is 7.92. The fraction of sp³-hybridized carbons (Fsp3) is 0.263. The first-order valence-electron chi connectivity index (χ1n) is 7.92. The van der Waals surface area contributed by atoms with Gasteiger partial charge in [0, 0.05) is 19.3 Å². The molecule has 1 aromatic heterocycles. The molecule has 5 heteroatoms. The molecule has 0 saturated heterocycles. The molecule has 124 valence electrons. The third-order valence-corrected chi connectivity index (χ3v) is 4.35. The number of aliphatic hydroxyl groups excluding tert-OH is 1. The molecule has 2 N–H and O–H groups in total. The summed E-state index contributed by atoms with van der Waals surface area (Å²) in [5.74, 6) is -0.210. The molecule has 1 atom stereocenters. The molecule has 1 amide bonds. The van der Waals surface area contributed by atoms with Crippen molar-refractivity contribution in [1.29, 1.82) is 0 Å². The van der Waals surface area contributed by atoms with E-state index in [-0.39, 0.29) is 12.5 Å². The Morgan fingerprint density at radius 3 is 2.58 bits per heavy atom. The number of hydrogen-bond acceptors (Lipinski definition) is 3. The Labute approximate surface area is 140 Å². The van der Waals surface area contributed by atoms with Gasteiger partial charge in [0.15, 0.2) is 0 Å². The normalized spacial score (nSPS) is 12.3. The van der Waals surface area contributed by atoms with Gasteiger partial charge in [-0.05, 0) is 36.2 Å². The van der Waals surface area contributed by atoms with Gasteiger partial charge in [0.05, 0.1) is 17.4 Å². The number of carbonyl (C=O) groups excluding carboxylic acids is 1. The van der Waals surface area contributed by atoms with Crippen LogP contribution in [0.1, 0.15) is 33.4 Å². The van der Waals surface area contributed by atoms with E-state index in [1.807, 2.05) is 63.4 Å². The highest BCUT2D eigenvalue weighted by molar-refractivity contribution is 5.96. The molecule has 0 bridgehead atoms. The average Bonchev–Trinajstić information content (AvgIpc) is 2.84. The van der Waals surface area contributed by atoms with Gasteiger partial charge in [-0.25, -0.2) is 0 Å². The quantitative estimate of drug-likeness (QED) is 0.776. The minimum absolute atomic E-state index is 0.158. The highest BCUT2D eigenvalue weighted by Crippen LogP contribution is 2.20. The molecule has 0 spiro atoms. The van der Waals surface area contributed by atoms with Crippen LogP contribution >= 0.6 is 0 Å². The van der Waals surface area contributed by atoms with Crippen LogP contribution in [0.3, 0.4) is 0 Å². The molecular weight excluding hydrogens is 302 g/mol. The van der Waals surface area contributed by atoms with E-state index in [1.54, 1.807) is 4.68 Å². The van der Waals surface area contributed by atoms with Gasteiger partial charge in [0.25, 0.3) is 5.91 Å². The highest BCUT2D eigenvalue weighted by Gasteiger charge is 2.18. The van der Waals surface area contributed by atoms with Crippen LogP contribution in [0.2, 0.25) is 0 Å². The summed E-state index contributed by atoms with van der Waals surface area (Å²) in [6.07, 6.45) is -0.754. The minimum atomic E-state index is -0.754. The maximum absolute atomic E-state index is 12.4. The van der Waals surface area contributed by atoms with Crippen LogP contribution in [-0.2, 0) is 7.05 Å². The summed E-state index contributed by atoms with van der Waals surface area (Å²) in [5.41, 5.74) is 2.86. The molecule has 5 nitrogen and oxygen atoms in total. The second-order valence-corrected chi connectivity index (χ2v) is 6.00. The van der Waals surface area contributed by atoms with E-state index in [0.717, 1.165) is 22.0 Å². The molecule has 24 heavy (non-hydrogen) atoms. The van der Waals surface area contributed by atoms with E-state index in [1.165, 1.54) is 0 Å². The number of carbonyl (C=O) groups is 1. The summed E-state index contributed by atoms with van der Waals surface area (Å²) in [4.78, 5) is 12.4. The fourth-order valence-electron chi connectivity index (χ4n) is 2.91. The molecule has 0 aliphatic carbocycles. The van der Waals surface area contributed by atoms with E-state index in [4.69, 9.17) is 0 Å². The number of amides is 1. The maximum atomic E-state index is 12.4. The zero-order valence-electron chi connectivity index (χ0n) is 14.1. The largest absolute Gasteiger partial charge is 0.387 e. The smallest absolute Gasteiger partial charge is 0.255 e. The van der Waals surface area contributed by atoms with Crippen LogP contribution in [0.5, 0.6) is 0 Å². The number of benzene rings is 2. The molecule has 0 saturated carbocycles. The molecule has 0 radical (unpaired) electrons. The summed E-state index contributed by atoms with van der Waals surface area (Å²) in [5, 5.41) is 19.6. The first-order chi connectivity index (χ1) is 11.5. The van der Waals surface area contributed by atoms with Gasteiger partial charge in [0.2, 0.25) is 0 Å². The van der Waals surface area contributed by atoms with Crippen LogP contribution in [0.4, 0.5) is 0 Å². The topological polar surface area (TPSA) is 67.2 Å². The summed E-state index contributed by atoms with van der Waals surface area (Å²) in [7, 11) is 1.81. The van der Waals surface area contributed by atoms with Gasteiger partial charge >= 0.3 is 0 Å². The van der Waals surface area contributed by atoms with Crippen molar-refractivity contribution in [3.05, 3.63) is 65.0 Å². The van der Waals surface area contributed by atoms with E-state index >= 15 is 0 Å². The van der Waals surface area contributed by atoms with Crippen molar-refractivity contribution in [2.45, 2.75) is 20.0 Å². The third-order valence-electron chi connectivity index (χ3n) is 4.35. The summed E-state index contributed by atoms with van der Waals surface area (Å²) >= 11 is 0. The first kappa shape index (κ1) is 16.2. The van der Waals surface area contributed by atoms with E-state index in [2.05, 4.69) is 10.4 Å². The van der Waals surface area contributed by atoms with Gasteiger partial charge in [-0.15, -0.1) is 0 Å². The number of hydrogen-bond donors (Lipinski definition) is 2. The van der Waals surface area contributed by atoms with Gasteiger partial charge in [-0.1, -0.05) is 36.4 Å². The maximum Gasteiger partial charge on any atom is 0.255 e. The molecular formula is C19H21N3O2. The number of nitrogens with zero attached hydrogens (tertiary/aromatic N) is 2. The average molecular weight is 323 g/mol. The Bertz CT molecular complexity index is 899. The molecule has 0 aliphatic rings.